The number of fused-ring (bicyclic) bond motifs is 1. The Morgan fingerprint density at radius 1 is 1.05 bits per heavy atom. The highest BCUT2D eigenvalue weighted by Crippen LogP contribution is 2.17. The second kappa shape index (κ2) is 7.26. The molecule has 1 unspecified atom stereocenters. The van der Waals surface area contributed by atoms with Crippen LogP contribution < -0.4 is 9.80 Å². The molecule has 2 N–H and O–H groups in total. The molecule has 0 spiro atoms. The molecular weight excluding hydrogens is 268 g/mol. The average Bonchev–Trinajstić information content (AvgIpc) is 2.56. The Labute approximate surface area is 134 Å². The van der Waals surface area contributed by atoms with E-state index >= 15 is 0 Å². The van der Waals surface area contributed by atoms with Gasteiger partial charge < -0.3 is 9.80 Å². The number of piperidine rings is 1. The standard InChI is InChI=1S/C20H28N2/c1-3-13-22-14-11-19(12-15-22)21(2)16-18-9-6-8-17-7-4-5-10-20(17)18/h4-10,19H,3,11-16H2,1-2H3/p+2. The van der Waals surface area contributed by atoms with Gasteiger partial charge in [-0.15, -0.1) is 0 Å². The highest BCUT2D eigenvalue weighted by atomic mass is 15.2. The van der Waals surface area contributed by atoms with Crippen molar-refractivity contribution in [3.8, 4) is 0 Å². The molecule has 2 aromatic rings. The van der Waals surface area contributed by atoms with Crippen LogP contribution in [-0.4, -0.2) is 32.7 Å². The summed E-state index contributed by atoms with van der Waals surface area (Å²) >= 11 is 0. The molecule has 1 saturated heterocycles. The SMILES string of the molecule is CCC[NH+]1CCC([NH+](C)Cc2cccc3ccccc23)CC1. The van der Waals surface area contributed by atoms with Crippen molar-refractivity contribution in [1.82, 2.24) is 0 Å². The molecule has 1 heterocycles. The Morgan fingerprint density at radius 2 is 1.77 bits per heavy atom. The summed E-state index contributed by atoms with van der Waals surface area (Å²) in [6.07, 6.45) is 4.08. The van der Waals surface area contributed by atoms with Crippen molar-refractivity contribution in [2.24, 2.45) is 0 Å². The lowest BCUT2D eigenvalue weighted by atomic mass is 10.0. The van der Waals surface area contributed by atoms with E-state index in [2.05, 4.69) is 56.4 Å². The van der Waals surface area contributed by atoms with Crippen molar-refractivity contribution >= 4 is 10.8 Å². The van der Waals surface area contributed by atoms with E-state index in [0.717, 1.165) is 12.6 Å². The molecule has 22 heavy (non-hydrogen) atoms. The van der Waals surface area contributed by atoms with Gasteiger partial charge in [-0.1, -0.05) is 49.4 Å². The van der Waals surface area contributed by atoms with Gasteiger partial charge in [0.05, 0.1) is 32.7 Å². The van der Waals surface area contributed by atoms with E-state index in [1.54, 1.807) is 4.90 Å². The van der Waals surface area contributed by atoms with Crippen LogP contribution >= 0.6 is 0 Å². The van der Waals surface area contributed by atoms with E-state index < -0.39 is 0 Å². The van der Waals surface area contributed by atoms with Gasteiger partial charge in [-0.3, -0.25) is 0 Å². The maximum Gasteiger partial charge on any atom is 0.103 e. The number of nitrogens with one attached hydrogen (secondary N) is 2. The molecular formula is C20H30N2+2. The van der Waals surface area contributed by atoms with E-state index in [9.17, 15) is 0 Å². The summed E-state index contributed by atoms with van der Waals surface area (Å²) < 4.78 is 0. The molecule has 118 valence electrons. The van der Waals surface area contributed by atoms with Crippen LogP contribution in [0.15, 0.2) is 42.5 Å². The third kappa shape index (κ3) is 3.50. The minimum absolute atomic E-state index is 0.833. The molecule has 3 rings (SSSR count). The number of hydrogen-bond donors (Lipinski definition) is 2. The van der Waals surface area contributed by atoms with E-state index in [0.29, 0.717) is 0 Å². The van der Waals surface area contributed by atoms with Gasteiger partial charge in [0.25, 0.3) is 0 Å². The molecule has 1 atom stereocenters. The zero-order valence-electron chi connectivity index (χ0n) is 14.1. The fraction of sp³-hybridized carbons (Fsp3) is 0.500. The first-order valence-electron chi connectivity index (χ1n) is 8.90. The minimum atomic E-state index is 0.833. The summed E-state index contributed by atoms with van der Waals surface area (Å²) in [7, 11) is 2.39. The van der Waals surface area contributed by atoms with Crippen LogP contribution in [0.5, 0.6) is 0 Å². The summed E-state index contributed by atoms with van der Waals surface area (Å²) in [5.41, 5.74) is 1.50. The monoisotopic (exact) mass is 298 g/mol. The molecule has 0 aliphatic carbocycles. The van der Waals surface area contributed by atoms with E-state index in [1.807, 2.05) is 4.90 Å². The fourth-order valence-corrected chi connectivity index (χ4v) is 4.01. The summed E-state index contributed by atoms with van der Waals surface area (Å²) in [5.74, 6) is 0. The molecule has 0 amide bonds. The Balaban J connectivity index is 1.65. The normalized spacial score (nSPS) is 23.5. The van der Waals surface area contributed by atoms with Crippen molar-refractivity contribution in [2.45, 2.75) is 38.8 Å². The molecule has 1 aliphatic rings. The van der Waals surface area contributed by atoms with Gasteiger partial charge in [0.1, 0.15) is 6.54 Å². The van der Waals surface area contributed by atoms with Crippen LogP contribution in [0.1, 0.15) is 31.7 Å². The molecule has 0 radical (unpaired) electrons. The number of hydrogen-bond acceptors (Lipinski definition) is 0. The van der Waals surface area contributed by atoms with Crippen LogP contribution in [0.2, 0.25) is 0 Å². The predicted molar refractivity (Wildman–Crippen MR) is 93.4 cm³/mol. The van der Waals surface area contributed by atoms with Gasteiger partial charge in [-0.05, 0) is 17.2 Å². The maximum atomic E-state index is 2.39. The highest BCUT2D eigenvalue weighted by Gasteiger charge is 2.27. The van der Waals surface area contributed by atoms with E-state index in [-0.39, 0.29) is 0 Å². The summed E-state index contributed by atoms with van der Waals surface area (Å²) in [6.45, 7) is 7.54. The Morgan fingerprint density at radius 3 is 2.55 bits per heavy atom. The Bertz CT molecular complexity index is 594. The van der Waals surface area contributed by atoms with Gasteiger partial charge in [0.2, 0.25) is 0 Å². The Kier molecular flexibility index (Phi) is 5.12. The van der Waals surface area contributed by atoms with Gasteiger partial charge in [0, 0.05) is 18.4 Å². The molecule has 1 fully saturated rings. The fourth-order valence-electron chi connectivity index (χ4n) is 4.01. The number of benzene rings is 2. The van der Waals surface area contributed by atoms with Crippen molar-refractivity contribution in [3.05, 3.63) is 48.0 Å². The first-order chi connectivity index (χ1) is 10.8. The van der Waals surface area contributed by atoms with Gasteiger partial charge >= 0.3 is 0 Å². The van der Waals surface area contributed by atoms with E-state index in [1.165, 1.54) is 55.2 Å². The largest absolute Gasteiger partial charge is 0.335 e. The van der Waals surface area contributed by atoms with Crippen molar-refractivity contribution < 1.29 is 9.80 Å². The topological polar surface area (TPSA) is 8.88 Å². The lowest BCUT2D eigenvalue weighted by molar-refractivity contribution is -0.954. The molecule has 0 aromatic heterocycles. The van der Waals surface area contributed by atoms with Crippen LogP contribution in [0.25, 0.3) is 10.8 Å². The molecule has 1 aliphatic heterocycles. The number of likely N-dealkylation sites (tertiary alicyclic amines) is 1. The summed E-state index contributed by atoms with van der Waals surface area (Å²) in [4.78, 5) is 3.50. The number of rotatable bonds is 5. The third-order valence-corrected chi connectivity index (χ3v) is 5.34. The summed E-state index contributed by atoms with van der Waals surface area (Å²) in [5, 5.41) is 2.80. The van der Waals surface area contributed by atoms with Crippen LogP contribution in [0, 0.1) is 0 Å². The van der Waals surface area contributed by atoms with E-state index in [4.69, 9.17) is 0 Å². The van der Waals surface area contributed by atoms with Gasteiger partial charge in [0.15, 0.2) is 0 Å². The first kappa shape index (κ1) is 15.5. The van der Waals surface area contributed by atoms with Crippen molar-refractivity contribution in [2.75, 3.05) is 26.7 Å². The van der Waals surface area contributed by atoms with Crippen molar-refractivity contribution in [1.29, 1.82) is 0 Å². The maximum absolute atomic E-state index is 2.39. The van der Waals surface area contributed by atoms with Crippen LogP contribution in [0.4, 0.5) is 0 Å². The smallest absolute Gasteiger partial charge is 0.103 e. The lowest BCUT2D eigenvalue weighted by Gasteiger charge is -2.32. The lowest BCUT2D eigenvalue weighted by Crippen LogP contribution is -3.18. The molecule has 2 heteroatoms. The molecule has 2 aromatic carbocycles. The van der Waals surface area contributed by atoms with Gasteiger partial charge in [-0.2, -0.15) is 0 Å². The van der Waals surface area contributed by atoms with Crippen LogP contribution in [0.3, 0.4) is 0 Å². The molecule has 2 nitrogen and oxygen atoms in total. The van der Waals surface area contributed by atoms with Gasteiger partial charge in [-0.25, -0.2) is 0 Å². The second-order valence-corrected chi connectivity index (χ2v) is 6.94. The number of quaternary nitrogens is 2. The predicted octanol–water partition coefficient (Wildman–Crippen LogP) is 1.31. The molecule has 0 bridgehead atoms. The molecule has 0 saturated carbocycles. The third-order valence-electron chi connectivity index (χ3n) is 5.34. The van der Waals surface area contributed by atoms with Crippen LogP contribution in [-0.2, 0) is 6.54 Å². The first-order valence-corrected chi connectivity index (χ1v) is 8.90. The zero-order chi connectivity index (χ0) is 15.4. The highest BCUT2D eigenvalue weighted by molar-refractivity contribution is 5.85. The van der Waals surface area contributed by atoms with Crippen molar-refractivity contribution in [3.63, 3.8) is 0 Å². The summed E-state index contributed by atoms with van der Waals surface area (Å²) in [6, 6.07) is 16.4. The quantitative estimate of drug-likeness (QED) is 0.824. The minimum Gasteiger partial charge on any atom is -0.335 e. The zero-order valence-corrected chi connectivity index (χ0v) is 14.1. The average molecular weight is 298 g/mol. The Hall–Kier alpha value is -1.38. The second-order valence-electron chi connectivity index (χ2n) is 6.94.